The van der Waals surface area contributed by atoms with Crippen molar-refractivity contribution in [3.8, 4) is 5.69 Å². The quantitative estimate of drug-likeness (QED) is 0.174. The standard InChI is InChI=1S/C35H34F2N4O9S/c1-40-15-12-31(43)41(35(40)47)25-7-2-22(3-8-25)18-29(34(45)46)38-33(44)32-27(36)19-24(20-28(32)37)39-51(48,49)26-9-5-23(6-10-26)30(42)11-4-21-13-16-50-17-14-21/h2-3,5-10,12,15,19-21,29,39H,4,11,13-14,16-18H2,1H3,(H,38,44)(H,45,46)/t29-/m0/s1. The second-order valence-electron chi connectivity index (χ2n) is 12.1. The van der Waals surface area contributed by atoms with Gasteiger partial charge in [0, 0.05) is 50.9 Å². The highest BCUT2D eigenvalue weighted by atomic mass is 32.2. The van der Waals surface area contributed by atoms with E-state index < -0.39 is 62.1 Å². The summed E-state index contributed by atoms with van der Waals surface area (Å²) in [6, 6.07) is 11.5. The van der Waals surface area contributed by atoms with Crippen molar-refractivity contribution in [2.24, 2.45) is 13.0 Å². The number of benzene rings is 3. The number of aliphatic carboxylic acids is 1. The molecule has 13 nitrogen and oxygen atoms in total. The van der Waals surface area contributed by atoms with Gasteiger partial charge in [-0.25, -0.2) is 31.4 Å². The molecule has 268 valence electrons. The lowest BCUT2D eigenvalue weighted by atomic mass is 9.92. The van der Waals surface area contributed by atoms with E-state index >= 15 is 8.78 Å². The Morgan fingerprint density at radius 2 is 1.59 bits per heavy atom. The van der Waals surface area contributed by atoms with Gasteiger partial charge in [-0.3, -0.25) is 19.1 Å². The second kappa shape index (κ2) is 15.6. The third-order valence-corrected chi connectivity index (χ3v) is 9.92. The number of anilines is 1. The lowest BCUT2D eigenvalue weighted by molar-refractivity contribution is -0.139. The molecule has 4 aromatic rings. The number of nitrogens with one attached hydrogen (secondary N) is 2. The molecule has 1 atom stereocenters. The van der Waals surface area contributed by atoms with Crippen molar-refractivity contribution in [1.82, 2.24) is 14.5 Å². The van der Waals surface area contributed by atoms with Gasteiger partial charge in [-0.15, -0.1) is 0 Å². The second-order valence-corrected chi connectivity index (χ2v) is 13.8. The first-order valence-corrected chi connectivity index (χ1v) is 17.4. The average Bonchev–Trinajstić information content (AvgIpc) is 3.09. The predicted molar refractivity (Wildman–Crippen MR) is 181 cm³/mol. The van der Waals surface area contributed by atoms with Crippen molar-refractivity contribution in [3.63, 3.8) is 0 Å². The van der Waals surface area contributed by atoms with E-state index in [1.165, 1.54) is 72.4 Å². The lowest BCUT2D eigenvalue weighted by Gasteiger charge is -2.21. The van der Waals surface area contributed by atoms with Crippen LogP contribution in [-0.2, 0) is 33.0 Å². The summed E-state index contributed by atoms with van der Waals surface area (Å²) in [7, 11) is -2.91. The number of ketones is 1. The molecule has 1 aliphatic rings. The minimum atomic E-state index is -4.37. The minimum Gasteiger partial charge on any atom is -0.480 e. The number of carboxylic acid groups (broad SMARTS) is 1. The number of carbonyl (C=O) groups is 3. The van der Waals surface area contributed by atoms with E-state index in [0.717, 1.165) is 17.4 Å². The molecule has 0 bridgehead atoms. The number of Topliss-reactive ketones (excluding diaryl/α,β-unsaturated/α-hetero) is 1. The predicted octanol–water partition coefficient (Wildman–Crippen LogP) is 3.43. The van der Waals surface area contributed by atoms with E-state index in [0.29, 0.717) is 55.2 Å². The van der Waals surface area contributed by atoms with Crippen LogP contribution in [0.1, 0.15) is 52.0 Å². The lowest BCUT2D eigenvalue weighted by Crippen LogP contribution is -2.43. The van der Waals surface area contributed by atoms with E-state index in [9.17, 15) is 37.5 Å². The molecule has 51 heavy (non-hydrogen) atoms. The fourth-order valence-corrected chi connectivity index (χ4v) is 6.69. The molecule has 0 radical (unpaired) electrons. The molecule has 3 aromatic carbocycles. The third kappa shape index (κ3) is 8.82. The van der Waals surface area contributed by atoms with Crippen LogP contribution >= 0.6 is 0 Å². The van der Waals surface area contributed by atoms with E-state index in [4.69, 9.17) is 4.74 Å². The zero-order chi connectivity index (χ0) is 36.9. The van der Waals surface area contributed by atoms with Crippen LogP contribution in [0.25, 0.3) is 5.69 Å². The fraction of sp³-hybridized carbons (Fsp3) is 0.286. The van der Waals surface area contributed by atoms with Gasteiger partial charge in [-0.2, -0.15) is 0 Å². The number of rotatable bonds is 13. The number of hydrogen-bond donors (Lipinski definition) is 3. The van der Waals surface area contributed by atoms with Crippen LogP contribution in [0, 0.1) is 17.6 Å². The molecule has 2 heterocycles. The van der Waals surface area contributed by atoms with E-state index in [1.54, 1.807) is 0 Å². The summed E-state index contributed by atoms with van der Waals surface area (Å²) >= 11 is 0. The average molecular weight is 725 g/mol. The van der Waals surface area contributed by atoms with Gasteiger partial charge in [0.15, 0.2) is 5.78 Å². The van der Waals surface area contributed by atoms with Crippen LogP contribution in [0.4, 0.5) is 14.5 Å². The van der Waals surface area contributed by atoms with Gasteiger partial charge in [0.25, 0.3) is 21.5 Å². The molecule has 1 aliphatic heterocycles. The molecule has 0 saturated carbocycles. The number of carbonyl (C=O) groups excluding carboxylic acids is 2. The Balaban J connectivity index is 1.23. The number of aryl methyl sites for hydroxylation is 1. The first kappa shape index (κ1) is 36.8. The summed E-state index contributed by atoms with van der Waals surface area (Å²) in [6.45, 7) is 1.33. The molecule has 5 rings (SSSR count). The molecule has 1 fully saturated rings. The number of ether oxygens (including phenoxy) is 1. The molecule has 1 amide bonds. The smallest absolute Gasteiger partial charge is 0.335 e. The van der Waals surface area contributed by atoms with Crippen molar-refractivity contribution in [3.05, 3.63) is 122 Å². The Labute approximate surface area is 290 Å². The third-order valence-electron chi connectivity index (χ3n) is 8.52. The monoisotopic (exact) mass is 724 g/mol. The van der Waals surface area contributed by atoms with Crippen molar-refractivity contribution < 1.29 is 41.4 Å². The maximum absolute atomic E-state index is 15.1. The molecule has 3 N–H and O–H groups in total. The highest BCUT2D eigenvalue weighted by Gasteiger charge is 2.27. The summed E-state index contributed by atoms with van der Waals surface area (Å²) in [5.74, 6) is -5.59. The van der Waals surface area contributed by atoms with Crippen molar-refractivity contribution in [2.45, 2.75) is 43.0 Å². The summed E-state index contributed by atoms with van der Waals surface area (Å²) < 4.78 is 65.6. The van der Waals surface area contributed by atoms with Crippen molar-refractivity contribution in [2.75, 3.05) is 17.9 Å². The van der Waals surface area contributed by atoms with Gasteiger partial charge in [0.1, 0.15) is 23.2 Å². The maximum atomic E-state index is 15.1. The van der Waals surface area contributed by atoms with E-state index in [1.807, 2.05) is 4.72 Å². The Morgan fingerprint density at radius 3 is 2.20 bits per heavy atom. The number of hydrogen-bond acceptors (Lipinski definition) is 8. The summed E-state index contributed by atoms with van der Waals surface area (Å²) in [5, 5.41) is 11.8. The van der Waals surface area contributed by atoms with Gasteiger partial charge >= 0.3 is 11.7 Å². The molecule has 0 spiro atoms. The van der Waals surface area contributed by atoms with Crippen molar-refractivity contribution >= 4 is 33.4 Å². The Kier molecular flexibility index (Phi) is 11.3. The van der Waals surface area contributed by atoms with Crippen LogP contribution in [0.2, 0.25) is 0 Å². The number of nitrogens with zero attached hydrogens (tertiary/aromatic N) is 2. The first-order chi connectivity index (χ1) is 24.2. The molecule has 16 heteroatoms. The minimum absolute atomic E-state index is 0.145. The highest BCUT2D eigenvalue weighted by Crippen LogP contribution is 2.24. The van der Waals surface area contributed by atoms with E-state index in [-0.39, 0.29) is 22.8 Å². The molecule has 0 unspecified atom stereocenters. The first-order valence-electron chi connectivity index (χ1n) is 15.9. The van der Waals surface area contributed by atoms with Gasteiger partial charge in [0.05, 0.1) is 16.3 Å². The number of amides is 1. The molecule has 1 saturated heterocycles. The van der Waals surface area contributed by atoms with Crippen LogP contribution < -0.4 is 21.3 Å². The van der Waals surface area contributed by atoms with Crippen LogP contribution in [-0.4, -0.2) is 59.6 Å². The summed E-state index contributed by atoms with van der Waals surface area (Å²) in [5.41, 5.74) is -1.98. The molecular formula is C35H34F2N4O9S. The van der Waals surface area contributed by atoms with Crippen molar-refractivity contribution in [1.29, 1.82) is 0 Å². The largest absolute Gasteiger partial charge is 0.480 e. The number of carboxylic acids is 1. The molecule has 1 aromatic heterocycles. The maximum Gasteiger partial charge on any atom is 0.335 e. The summed E-state index contributed by atoms with van der Waals surface area (Å²) in [6.07, 6.45) is 3.75. The highest BCUT2D eigenvalue weighted by molar-refractivity contribution is 7.92. The van der Waals surface area contributed by atoms with Crippen LogP contribution in [0.5, 0.6) is 0 Å². The zero-order valence-electron chi connectivity index (χ0n) is 27.3. The van der Waals surface area contributed by atoms with E-state index in [2.05, 4.69) is 5.32 Å². The SMILES string of the molecule is Cn1ccc(=O)n(-c2ccc(C[C@H](NC(=O)c3c(F)cc(NS(=O)(=O)c4ccc(C(=O)CCC5CCOCC5)cc4)cc3F)C(=O)O)cc2)c1=O. The fourth-order valence-electron chi connectivity index (χ4n) is 5.65. The zero-order valence-corrected chi connectivity index (χ0v) is 28.1. The molecular weight excluding hydrogens is 690 g/mol. The normalized spacial score (nSPS) is 14.1. The van der Waals surface area contributed by atoms with Gasteiger partial charge in [0.2, 0.25) is 0 Å². The summed E-state index contributed by atoms with van der Waals surface area (Å²) in [4.78, 5) is 61.8. The van der Waals surface area contributed by atoms with Crippen LogP contribution in [0.3, 0.4) is 0 Å². The Bertz CT molecular complexity index is 2160. The topological polar surface area (TPSA) is 183 Å². The number of halogens is 2. The molecule has 0 aliphatic carbocycles. The Hall–Kier alpha value is -5.48. The van der Waals surface area contributed by atoms with Gasteiger partial charge in [-0.05, 0) is 67.1 Å². The van der Waals surface area contributed by atoms with Gasteiger partial charge < -0.3 is 19.7 Å². The number of sulfonamides is 1. The Morgan fingerprint density at radius 1 is 0.961 bits per heavy atom. The number of aromatic nitrogens is 2. The van der Waals surface area contributed by atoms with Crippen LogP contribution in [0.15, 0.2) is 87.4 Å². The van der Waals surface area contributed by atoms with Gasteiger partial charge in [-0.1, -0.05) is 24.3 Å².